The highest BCUT2D eigenvalue weighted by Gasteiger charge is 2.38. The molecule has 0 aliphatic carbocycles. The largest absolute Gasteiger partial charge is 0.338 e. The van der Waals surface area contributed by atoms with Crippen molar-refractivity contribution < 1.29 is 4.79 Å². The fourth-order valence-electron chi connectivity index (χ4n) is 3.86. The lowest BCUT2D eigenvalue weighted by atomic mass is 10.0. The van der Waals surface area contributed by atoms with E-state index in [0.29, 0.717) is 12.1 Å². The Bertz CT molecular complexity index is 484. The molecular formula is C15H24N4O. The van der Waals surface area contributed by atoms with Gasteiger partial charge < -0.3 is 4.90 Å². The minimum atomic E-state index is 0.237. The van der Waals surface area contributed by atoms with Crippen LogP contribution in [0.15, 0.2) is 12.4 Å². The number of likely N-dealkylation sites (tertiary alicyclic amines) is 2. The zero-order chi connectivity index (χ0) is 14.1. The number of aromatic nitrogens is 2. The van der Waals surface area contributed by atoms with Gasteiger partial charge >= 0.3 is 0 Å². The number of nitrogens with zero attached hydrogens (tertiary/aromatic N) is 4. The molecule has 1 amide bonds. The average molecular weight is 276 g/mol. The summed E-state index contributed by atoms with van der Waals surface area (Å²) in [6.45, 7) is 4.75. The van der Waals surface area contributed by atoms with E-state index in [1.165, 1.54) is 18.4 Å². The highest BCUT2D eigenvalue weighted by atomic mass is 16.2. The molecule has 0 radical (unpaired) electrons. The SMILES string of the molecule is CC(=O)N1CCC[C@@H]1[C@H]1CCCN1Cc1cnn(C)c1. The third-order valence-electron chi connectivity index (χ3n) is 4.71. The van der Waals surface area contributed by atoms with Crippen molar-refractivity contribution in [3.8, 4) is 0 Å². The van der Waals surface area contributed by atoms with Crippen LogP contribution in [-0.4, -0.2) is 50.7 Å². The van der Waals surface area contributed by atoms with Crippen molar-refractivity contribution in [2.45, 2.75) is 51.2 Å². The van der Waals surface area contributed by atoms with Crippen molar-refractivity contribution >= 4 is 5.91 Å². The Labute approximate surface area is 120 Å². The zero-order valence-corrected chi connectivity index (χ0v) is 12.5. The molecule has 1 aromatic rings. The molecule has 20 heavy (non-hydrogen) atoms. The maximum Gasteiger partial charge on any atom is 0.219 e. The molecule has 5 heteroatoms. The van der Waals surface area contributed by atoms with Gasteiger partial charge in [-0.3, -0.25) is 14.4 Å². The van der Waals surface area contributed by atoms with Gasteiger partial charge in [-0.2, -0.15) is 5.10 Å². The molecule has 5 nitrogen and oxygen atoms in total. The number of amides is 1. The van der Waals surface area contributed by atoms with Crippen LogP contribution in [0, 0.1) is 0 Å². The Morgan fingerprint density at radius 3 is 2.75 bits per heavy atom. The highest BCUT2D eigenvalue weighted by Crippen LogP contribution is 2.30. The summed E-state index contributed by atoms with van der Waals surface area (Å²) in [5.74, 6) is 0.237. The number of aryl methyl sites for hydroxylation is 1. The minimum absolute atomic E-state index is 0.237. The van der Waals surface area contributed by atoms with Crippen LogP contribution in [0.25, 0.3) is 0 Å². The number of hydrogen-bond donors (Lipinski definition) is 0. The highest BCUT2D eigenvalue weighted by molar-refractivity contribution is 5.74. The molecule has 2 aliphatic heterocycles. The molecule has 0 spiro atoms. The average Bonchev–Trinajstić information content (AvgIpc) is 3.09. The van der Waals surface area contributed by atoms with Crippen LogP contribution in [-0.2, 0) is 18.4 Å². The summed E-state index contributed by atoms with van der Waals surface area (Å²) < 4.78 is 1.86. The van der Waals surface area contributed by atoms with E-state index in [4.69, 9.17) is 0 Å². The normalized spacial score (nSPS) is 27.4. The molecule has 1 aromatic heterocycles. The van der Waals surface area contributed by atoms with Crippen molar-refractivity contribution in [1.82, 2.24) is 19.6 Å². The molecule has 0 saturated carbocycles. The quantitative estimate of drug-likeness (QED) is 0.838. The summed E-state index contributed by atoms with van der Waals surface area (Å²) in [6.07, 6.45) is 8.82. The molecular weight excluding hydrogens is 252 g/mol. The lowest BCUT2D eigenvalue weighted by Gasteiger charge is -2.34. The Hall–Kier alpha value is -1.36. The van der Waals surface area contributed by atoms with E-state index in [2.05, 4.69) is 21.1 Å². The van der Waals surface area contributed by atoms with Crippen LogP contribution in [0.3, 0.4) is 0 Å². The first-order valence-electron chi connectivity index (χ1n) is 7.64. The Kier molecular flexibility index (Phi) is 3.78. The van der Waals surface area contributed by atoms with Gasteiger partial charge in [0.15, 0.2) is 0 Å². The Morgan fingerprint density at radius 2 is 2.05 bits per heavy atom. The predicted molar refractivity (Wildman–Crippen MR) is 77.0 cm³/mol. The van der Waals surface area contributed by atoms with Crippen LogP contribution in [0.2, 0.25) is 0 Å². The first-order valence-corrected chi connectivity index (χ1v) is 7.64. The second-order valence-electron chi connectivity index (χ2n) is 6.12. The summed E-state index contributed by atoms with van der Waals surface area (Å²) >= 11 is 0. The van der Waals surface area contributed by atoms with Crippen LogP contribution in [0.1, 0.15) is 38.2 Å². The monoisotopic (exact) mass is 276 g/mol. The van der Waals surface area contributed by atoms with E-state index in [-0.39, 0.29) is 5.91 Å². The van der Waals surface area contributed by atoms with E-state index in [1.54, 1.807) is 6.92 Å². The smallest absolute Gasteiger partial charge is 0.219 e. The standard InChI is InChI=1S/C15H24N4O/c1-12(20)19-8-4-6-15(19)14-5-3-7-18(14)11-13-9-16-17(2)10-13/h9-10,14-15H,3-8,11H2,1-2H3/t14-,15-/m1/s1. The molecule has 110 valence electrons. The van der Waals surface area contributed by atoms with Gasteiger partial charge in [0.05, 0.1) is 6.20 Å². The van der Waals surface area contributed by atoms with Crippen molar-refractivity contribution in [3.05, 3.63) is 18.0 Å². The van der Waals surface area contributed by atoms with Crippen LogP contribution in [0.5, 0.6) is 0 Å². The van der Waals surface area contributed by atoms with Crippen molar-refractivity contribution in [1.29, 1.82) is 0 Å². The number of carbonyl (C=O) groups is 1. The molecule has 2 fully saturated rings. The molecule has 0 N–H and O–H groups in total. The van der Waals surface area contributed by atoms with Crippen molar-refractivity contribution in [2.75, 3.05) is 13.1 Å². The second kappa shape index (κ2) is 5.56. The zero-order valence-electron chi connectivity index (χ0n) is 12.5. The van der Waals surface area contributed by atoms with Gasteiger partial charge in [-0.1, -0.05) is 0 Å². The van der Waals surface area contributed by atoms with E-state index < -0.39 is 0 Å². The van der Waals surface area contributed by atoms with E-state index in [9.17, 15) is 4.79 Å². The summed E-state index contributed by atoms with van der Waals surface area (Å²) in [5.41, 5.74) is 1.27. The molecule has 2 saturated heterocycles. The fourth-order valence-corrected chi connectivity index (χ4v) is 3.86. The van der Waals surface area contributed by atoms with Gasteiger partial charge in [0.2, 0.25) is 5.91 Å². The van der Waals surface area contributed by atoms with E-state index >= 15 is 0 Å². The maximum absolute atomic E-state index is 11.8. The van der Waals surface area contributed by atoms with Crippen LogP contribution in [0.4, 0.5) is 0 Å². The molecule has 0 aromatic carbocycles. The predicted octanol–water partition coefficient (Wildman–Crippen LogP) is 1.40. The topological polar surface area (TPSA) is 41.4 Å². The lowest BCUT2D eigenvalue weighted by Crippen LogP contribution is -2.47. The van der Waals surface area contributed by atoms with Gasteiger partial charge in [0.1, 0.15) is 0 Å². The van der Waals surface area contributed by atoms with Gasteiger partial charge in [0, 0.05) is 50.9 Å². The molecule has 2 aliphatic rings. The summed E-state index contributed by atoms with van der Waals surface area (Å²) in [7, 11) is 1.96. The molecule has 3 rings (SSSR count). The Balaban J connectivity index is 1.70. The van der Waals surface area contributed by atoms with Gasteiger partial charge in [-0.05, 0) is 32.2 Å². The second-order valence-corrected chi connectivity index (χ2v) is 6.12. The van der Waals surface area contributed by atoms with Gasteiger partial charge in [-0.15, -0.1) is 0 Å². The third kappa shape index (κ3) is 2.59. The maximum atomic E-state index is 11.8. The van der Waals surface area contributed by atoms with E-state index in [0.717, 1.165) is 32.5 Å². The van der Waals surface area contributed by atoms with Crippen molar-refractivity contribution in [3.63, 3.8) is 0 Å². The lowest BCUT2D eigenvalue weighted by molar-refractivity contribution is -0.130. The summed E-state index contributed by atoms with van der Waals surface area (Å²) in [4.78, 5) is 16.4. The number of carbonyl (C=O) groups excluding carboxylic acids is 1. The Morgan fingerprint density at radius 1 is 1.30 bits per heavy atom. The van der Waals surface area contributed by atoms with E-state index in [1.807, 2.05) is 17.9 Å². The fraction of sp³-hybridized carbons (Fsp3) is 0.733. The number of rotatable bonds is 3. The summed E-state index contributed by atoms with van der Waals surface area (Å²) in [5, 5.41) is 4.25. The first-order chi connectivity index (χ1) is 9.65. The summed E-state index contributed by atoms with van der Waals surface area (Å²) in [6, 6.07) is 0.952. The minimum Gasteiger partial charge on any atom is -0.338 e. The third-order valence-corrected chi connectivity index (χ3v) is 4.71. The molecule has 3 heterocycles. The van der Waals surface area contributed by atoms with Crippen LogP contribution >= 0.6 is 0 Å². The van der Waals surface area contributed by atoms with Crippen LogP contribution < -0.4 is 0 Å². The first kappa shape index (κ1) is 13.6. The van der Waals surface area contributed by atoms with Gasteiger partial charge in [0.25, 0.3) is 0 Å². The molecule has 2 atom stereocenters. The van der Waals surface area contributed by atoms with Crippen molar-refractivity contribution in [2.24, 2.45) is 7.05 Å². The van der Waals surface area contributed by atoms with Gasteiger partial charge in [-0.25, -0.2) is 0 Å². The number of hydrogen-bond acceptors (Lipinski definition) is 3. The molecule has 0 unspecified atom stereocenters. The molecule has 0 bridgehead atoms.